The van der Waals surface area contributed by atoms with Crippen molar-refractivity contribution in [1.82, 2.24) is 10.2 Å². The molecule has 2 heterocycles. The Morgan fingerprint density at radius 3 is 3.00 bits per heavy atom. The summed E-state index contributed by atoms with van der Waals surface area (Å²) in [4.78, 5) is 12.7. The van der Waals surface area contributed by atoms with Crippen LogP contribution in [0.3, 0.4) is 0 Å². The van der Waals surface area contributed by atoms with Gasteiger partial charge in [0.15, 0.2) is 5.82 Å². The molecular formula is C18H16N4O2. The summed E-state index contributed by atoms with van der Waals surface area (Å²) in [5.41, 5.74) is 9.28. The Kier molecular flexibility index (Phi) is 2.40. The highest BCUT2D eigenvalue weighted by Crippen LogP contribution is 2.65. The zero-order valence-electron chi connectivity index (χ0n) is 13.1. The molecule has 6 nitrogen and oxygen atoms in total. The lowest BCUT2D eigenvalue weighted by atomic mass is 9.91. The number of aromatic nitrogens is 2. The van der Waals surface area contributed by atoms with Crippen molar-refractivity contribution in [3.05, 3.63) is 47.5 Å². The number of ether oxygens (including phenoxy) is 1. The Labute approximate surface area is 138 Å². The zero-order valence-corrected chi connectivity index (χ0v) is 13.1. The van der Waals surface area contributed by atoms with Gasteiger partial charge in [0.1, 0.15) is 5.75 Å². The van der Waals surface area contributed by atoms with Gasteiger partial charge in [0.2, 0.25) is 5.91 Å². The number of rotatable bonds is 2. The average molecular weight is 320 g/mol. The van der Waals surface area contributed by atoms with Gasteiger partial charge in [-0.1, -0.05) is 6.07 Å². The van der Waals surface area contributed by atoms with Gasteiger partial charge in [-0.05, 0) is 47.9 Å². The van der Waals surface area contributed by atoms with E-state index in [1.54, 1.807) is 7.11 Å². The number of amides is 1. The van der Waals surface area contributed by atoms with Crippen LogP contribution in [0.1, 0.15) is 23.5 Å². The van der Waals surface area contributed by atoms with Crippen molar-refractivity contribution >= 4 is 28.3 Å². The van der Waals surface area contributed by atoms with Crippen molar-refractivity contribution in [2.45, 2.75) is 17.8 Å². The molecule has 2 aromatic carbocycles. The lowest BCUT2D eigenvalue weighted by molar-refractivity contribution is -0.118. The molecule has 1 aliphatic carbocycles. The quantitative estimate of drug-likeness (QED) is 0.676. The van der Waals surface area contributed by atoms with Crippen LogP contribution in [-0.4, -0.2) is 23.2 Å². The maximum Gasteiger partial charge on any atom is 0.235 e. The van der Waals surface area contributed by atoms with Crippen LogP contribution in [-0.2, 0) is 10.2 Å². The molecule has 2 atom stereocenters. The number of nitrogens with one attached hydrogen (secondary N) is 2. The standard InChI is InChI=1S/C18H16N4O2/c1-24-10-3-5-14-12(7-10)18(17(23)20-14)8-13(18)9-2-4-11-15(6-9)21-22-16(11)19/h2-7,13H,8H2,1H3,(H,20,23)(H3,19,21,22)/t13-,18-/m0/s1. The van der Waals surface area contributed by atoms with Gasteiger partial charge >= 0.3 is 0 Å². The minimum Gasteiger partial charge on any atom is -0.497 e. The summed E-state index contributed by atoms with van der Waals surface area (Å²) < 4.78 is 5.33. The van der Waals surface area contributed by atoms with Crippen LogP contribution in [0.15, 0.2) is 36.4 Å². The summed E-state index contributed by atoms with van der Waals surface area (Å²) in [7, 11) is 1.64. The molecule has 0 saturated heterocycles. The molecule has 1 aliphatic heterocycles. The summed E-state index contributed by atoms with van der Waals surface area (Å²) in [5.74, 6) is 1.49. The maximum atomic E-state index is 12.7. The second-order valence-corrected chi connectivity index (χ2v) is 6.51. The zero-order chi connectivity index (χ0) is 16.5. The number of nitrogens with two attached hydrogens (primary N) is 1. The number of nitrogen functional groups attached to an aromatic ring is 1. The fraction of sp³-hybridized carbons (Fsp3) is 0.222. The largest absolute Gasteiger partial charge is 0.497 e. The van der Waals surface area contributed by atoms with Crippen molar-refractivity contribution in [1.29, 1.82) is 0 Å². The second kappa shape index (κ2) is 4.29. The van der Waals surface area contributed by atoms with E-state index >= 15 is 0 Å². The van der Waals surface area contributed by atoms with Crippen LogP contribution in [0.5, 0.6) is 5.75 Å². The number of methoxy groups -OCH3 is 1. The van der Waals surface area contributed by atoms with Gasteiger partial charge in [0, 0.05) is 17.0 Å². The Morgan fingerprint density at radius 1 is 1.29 bits per heavy atom. The minimum atomic E-state index is -0.483. The number of hydrogen-bond donors (Lipinski definition) is 3. The molecule has 1 aromatic heterocycles. The molecule has 0 unspecified atom stereocenters. The van der Waals surface area contributed by atoms with Crippen LogP contribution < -0.4 is 15.8 Å². The highest BCUT2D eigenvalue weighted by molar-refractivity contribution is 6.10. The molecule has 1 amide bonds. The van der Waals surface area contributed by atoms with E-state index in [-0.39, 0.29) is 11.8 Å². The van der Waals surface area contributed by atoms with E-state index in [1.165, 1.54) is 0 Å². The number of fused-ring (bicyclic) bond motifs is 3. The van der Waals surface area contributed by atoms with E-state index in [4.69, 9.17) is 10.5 Å². The van der Waals surface area contributed by atoms with Crippen molar-refractivity contribution in [3.8, 4) is 5.75 Å². The molecule has 3 aromatic rings. The molecule has 5 rings (SSSR count). The number of anilines is 2. The first-order valence-corrected chi connectivity index (χ1v) is 7.87. The number of carbonyl (C=O) groups is 1. The molecule has 1 spiro atoms. The highest BCUT2D eigenvalue weighted by Gasteiger charge is 2.65. The molecule has 0 radical (unpaired) electrons. The van der Waals surface area contributed by atoms with Crippen LogP contribution in [0.4, 0.5) is 11.5 Å². The maximum absolute atomic E-state index is 12.7. The van der Waals surface area contributed by atoms with Crippen molar-refractivity contribution in [3.63, 3.8) is 0 Å². The first kappa shape index (κ1) is 13.4. The summed E-state index contributed by atoms with van der Waals surface area (Å²) in [5, 5.41) is 10.9. The first-order valence-electron chi connectivity index (χ1n) is 7.87. The van der Waals surface area contributed by atoms with Gasteiger partial charge in [-0.3, -0.25) is 9.89 Å². The predicted molar refractivity (Wildman–Crippen MR) is 91.2 cm³/mol. The van der Waals surface area contributed by atoms with E-state index in [0.717, 1.165) is 39.9 Å². The molecule has 0 bridgehead atoms. The molecule has 6 heteroatoms. The average Bonchev–Trinajstić information content (AvgIpc) is 3.17. The molecule has 24 heavy (non-hydrogen) atoms. The van der Waals surface area contributed by atoms with Crippen molar-refractivity contribution in [2.24, 2.45) is 0 Å². The van der Waals surface area contributed by atoms with Crippen molar-refractivity contribution < 1.29 is 9.53 Å². The van der Waals surface area contributed by atoms with Crippen LogP contribution in [0.2, 0.25) is 0 Å². The third-order valence-electron chi connectivity index (χ3n) is 5.34. The summed E-state index contributed by atoms with van der Waals surface area (Å²) in [6.07, 6.45) is 0.800. The van der Waals surface area contributed by atoms with Gasteiger partial charge in [0.05, 0.1) is 18.0 Å². The summed E-state index contributed by atoms with van der Waals surface area (Å²) in [6, 6.07) is 11.8. The Hall–Kier alpha value is -3.02. The number of hydrogen-bond acceptors (Lipinski definition) is 4. The Bertz CT molecular complexity index is 1010. The predicted octanol–water partition coefficient (Wildman–Crippen LogP) is 2.53. The Morgan fingerprint density at radius 2 is 2.17 bits per heavy atom. The van der Waals surface area contributed by atoms with E-state index in [9.17, 15) is 4.79 Å². The third-order valence-corrected chi connectivity index (χ3v) is 5.34. The number of nitrogens with zero attached hydrogens (tertiary/aromatic N) is 1. The van der Waals surface area contributed by atoms with Gasteiger partial charge in [-0.15, -0.1) is 0 Å². The van der Waals surface area contributed by atoms with Crippen LogP contribution in [0, 0.1) is 0 Å². The summed E-state index contributed by atoms with van der Waals surface area (Å²) >= 11 is 0. The number of H-pyrrole nitrogens is 1. The lowest BCUT2D eigenvalue weighted by Crippen LogP contribution is -2.21. The summed E-state index contributed by atoms with van der Waals surface area (Å²) in [6.45, 7) is 0. The highest BCUT2D eigenvalue weighted by atomic mass is 16.5. The Balaban J connectivity index is 1.60. The third kappa shape index (κ3) is 1.55. The second-order valence-electron chi connectivity index (χ2n) is 6.51. The fourth-order valence-corrected chi connectivity index (χ4v) is 3.97. The number of benzene rings is 2. The van der Waals surface area contributed by atoms with Crippen LogP contribution in [0.25, 0.3) is 10.9 Å². The van der Waals surface area contributed by atoms with E-state index in [1.807, 2.05) is 36.4 Å². The smallest absolute Gasteiger partial charge is 0.235 e. The topological polar surface area (TPSA) is 93.0 Å². The fourth-order valence-electron chi connectivity index (χ4n) is 3.97. The molecular weight excluding hydrogens is 304 g/mol. The number of carbonyl (C=O) groups excluding carboxylic acids is 1. The lowest BCUT2D eigenvalue weighted by Gasteiger charge is -2.10. The van der Waals surface area contributed by atoms with Gasteiger partial charge in [-0.2, -0.15) is 5.10 Å². The molecule has 1 fully saturated rings. The first-order chi connectivity index (χ1) is 11.6. The van der Waals surface area contributed by atoms with Crippen molar-refractivity contribution in [2.75, 3.05) is 18.2 Å². The van der Waals surface area contributed by atoms with E-state index in [0.29, 0.717) is 5.82 Å². The molecule has 120 valence electrons. The normalized spacial score (nSPS) is 24.2. The van der Waals surface area contributed by atoms with Gasteiger partial charge in [0.25, 0.3) is 0 Å². The minimum absolute atomic E-state index is 0.0694. The van der Waals surface area contributed by atoms with Crippen LogP contribution >= 0.6 is 0 Å². The van der Waals surface area contributed by atoms with E-state index in [2.05, 4.69) is 15.5 Å². The SMILES string of the molecule is COc1ccc2c(c1)[C@]1(C[C@H]1c1ccc3c(N)n[nH]c3c1)C(=O)N2. The van der Waals surface area contributed by atoms with E-state index < -0.39 is 5.41 Å². The van der Waals surface area contributed by atoms with Gasteiger partial charge in [-0.25, -0.2) is 0 Å². The molecule has 4 N–H and O–H groups in total. The molecule has 1 saturated carbocycles. The monoisotopic (exact) mass is 320 g/mol. The molecule has 2 aliphatic rings. The van der Waals surface area contributed by atoms with Gasteiger partial charge < -0.3 is 15.8 Å². The number of aromatic amines is 1.